The van der Waals surface area contributed by atoms with Crippen molar-refractivity contribution in [2.45, 2.75) is 6.92 Å². The molecule has 0 aliphatic carbocycles. The molecule has 3 nitrogen and oxygen atoms in total. The first kappa shape index (κ1) is 11.2. The molecular weight excluding hydrogens is 248 g/mol. The zero-order valence-electron chi connectivity index (χ0n) is 9.85. The SMILES string of the molecule is CCOc1cccc2cnc3cncc(Cl)c3c12. The fourth-order valence-electron chi connectivity index (χ4n) is 2.11. The van der Waals surface area contributed by atoms with Gasteiger partial charge in [-0.05, 0) is 13.0 Å². The zero-order valence-corrected chi connectivity index (χ0v) is 10.6. The van der Waals surface area contributed by atoms with Gasteiger partial charge in [0.15, 0.2) is 0 Å². The summed E-state index contributed by atoms with van der Waals surface area (Å²) in [4.78, 5) is 8.43. The molecule has 0 radical (unpaired) electrons. The Balaban J connectivity index is 2.51. The van der Waals surface area contributed by atoms with Crippen LogP contribution in [0.5, 0.6) is 5.75 Å². The molecule has 18 heavy (non-hydrogen) atoms. The minimum Gasteiger partial charge on any atom is -0.493 e. The molecule has 0 aliphatic rings. The summed E-state index contributed by atoms with van der Waals surface area (Å²) in [5, 5.41) is 3.50. The van der Waals surface area contributed by atoms with Crippen molar-refractivity contribution in [2.75, 3.05) is 6.61 Å². The van der Waals surface area contributed by atoms with Crippen molar-refractivity contribution in [3.63, 3.8) is 0 Å². The number of hydrogen-bond acceptors (Lipinski definition) is 3. The Hall–Kier alpha value is -1.87. The highest BCUT2D eigenvalue weighted by Crippen LogP contribution is 2.35. The third-order valence-corrected chi connectivity index (χ3v) is 3.12. The van der Waals surface area contributed by atoms with Gasteiger partial charge in [0.1, 0.15) is 5.75 Å². The van der Waals surface area contributed by atoms with Gasteiger partial charge in [-0.1, -0.05) is 23.7 Å². The molecular formula is C14H11ClN2O. The summed E-state index contributed by atoms with van der Waals surface area (Å²) in [5.74, 6) is 0.829. The molecule has 0 unspecified atom stereocenters. The Morgan fingerprint density at radius 3 is 2.89 bits per heavy atom. The number of halogens is 1. The predicted molar refractivity (Wildman–Crippen MR) is 73.2 cm³/mol. The number of nitrogens with zero attached hydrogens (tertiary/aromatic N) is 2. The molecule has 0 atom stereocenters. The van der Waals surface area contributed by atoms with Crippen LogP contribution in [-0.4, -0.2) is 16.6 Å². The largest absolute Gasteiger partial charge is 0.493 e. The molecule has 0 saturated carbocycles. The van der Waals surface area contributed by atoms with Crippen LogP contribution in [0.3, 0.4) is 0 Å². The third kappa shape index (κ3) is 1.68. The van der Waals surface area contributed by atoms with E-state index in [0.29, 0.717) is 11.6 Å². The van der Waals surface area contributed by atoms with Gasteiger partial charge in [-0.2, -0.15) is 0 Å². The van der Waals surface area contributed by atoms with Crippen LogP contribution in [0.1, 0.15) is 6.92 Å². The van der Waals surface area contributed by atoms with Crippen LogP contribution in [0, 0.1) is 0 Å². The second kappa shape index (κ2) is 4.42. The summed E-state index contributed by atoms with van der Waals surface area (Å²) in [5.41, 5.74) is 0.780. The Bertz CT molecular complexity index is 727. The second-order valence-electron chi connectivity index (χ2n) is 3.93. The minimum absolute atomic E-state index is 0.595. The number of benzene rings is 1. The fourth-order valence-corrected chi connectivity index (χ4v) is 2.36. The van der Waals surface area contributed by atoms with Gasteiger partial charge in [-0.3, -0.25) is 9.97 Å². The summed E-state index contributed by atoms with van der Waals surface area (Å²) in [7, 11) is 0. The first-order valence-corrected chi connectivity index (χ1v) is 6.13. The van der Waals surface area contributed by atoms with Crippen LogP contribution in [0.2, 0.25) is 5.02 Å². The molecule has 2 aromatic heterocycles. The molecule has 0 saturated heterocycles. The van der Waals surface area contributed by atoms with Crippen LogP contribution < -0.4 is 4.74 Å². The number of aromatic nitrogens is 2. The van der Waals surface area contributed by atoms with E-state index in [1.165, 1.54) is 0 Å². The van der Waals surface area contributed by atoms with Crippen molar-refractivity contribution in [1.82, 2.24) is 9.97 Å². The lowest BCUT2D eigenvalue weighted by atomic mass is 10.1. The minimum atomic E-state index is 0.595. The van der Waals surface area contributed by atoms with E-state index in [-0.39, 0.29) is 0 Å². The van der Waals surface area contributed by atoms with Crippen molar-refractivity contribution in [3.8, 4) is 5.75 Å². The maximum Gasteiger partial charge on any atom is 0.127 e. The maximum absolute atomic E-state index is 6.25. The molecule has 90 valence electrons. The van der Waals surface area contributed by atoms with Gasteiger partial charge in [0.25, 0.3) is 0 Å². The molecule has 3 rings (SSSR count). The first-order chi connectivity index (χ1) is 8.81. The first-order valence-electron chi connectivity index (χ1n) is 5.75. The van der Waals surface area contributed by atoms with Crippen molar-refractivity contribution >= 4 is 33.3 Å². The van der Waals surface area contributed by atoms with Gasteiger partial charge in [0, 0.05) is 28.6 Å². The summed E-state index contributed by atoms with van der Waals surface area (Å²) in [6, 6.07) is 5.90. The molecule has 0 fully saturated rings. The van der Waals surface area contributed by atoms with E-state index in [2.05, 4.69) is 9.97 Å². The van der Waals surface area contributed by atoms with Crippen LogP contribution in [-0.2, 0) is 0 Å². The highest BCUT2D eigenvalue weighted by molar-refractivity contribution is 6.37. The number of pyridine rings is 2. The molecule has 0 N–H and O–H groups in total. The molecule has 3 aromatic rings. The Morgan fingerprint density at radius 1 is 1.17 bits per heavy atom. The maximum atomic E-state index is 6.25. The van der Waals surface area contributed by atoms with Crippen molar-refractivity contribution in [1.29, 1.82) is 0 Å². The topological polar surface area (TPSA) is 35.0 Å². The van der Waals surface area contributed by atoms with Crippen LogP contribution in [0.25, 0.3) is 21.7 Å². The van der Waals surface area contributed by atoms with Gasteiger partial charge in [0.05, 0.1) is 23.3 Å². The molecule has 0 spiro atoms. The van der Waals surface area contributed by atoms with Crippen molar-refractivity contribution in [3.05, 3.63) is 41.8 Å². The van der Waals surface area contributed by atoms with Crippen molar-refractivity contribution < 1.29 is 4.74 Å². The van der Waals surface area contributed by atoms with E-state index in [4.69, 9.17) is 16.3 Å². The highest BCUT2D eigenvalue weighted by Gasteiger charge is 2.10. The van der Waals surface area contributed by atoms with Crippen LogP contribution >= 0.6 is 11.6 Å². The molecule has 0 amide bonds. The highest BCUT2D eigenvalue weighted by atomic mass is 35.5. The van der Waals surface area contributed by atoms with Gasteiger partial charge in [-0.15, -0.1) is 0 Å². The standard InChI is InChI=1S/C14H11ClN2O/c1-2-18-12-5-3-4-9-6-17-11-8-16-7-10(15)14(11)13(9)12/h3-8H,2H2,1H3. The lowest BCUT2D eigenvalue weighted by molar-refractivity contribution is 0.344. The second-order valence-corrected chi connectivity index (χ2v) is 4.33. The number of hydrogen-bond donors (Lipinski definition) is 0. The van der Waals surface area contributed by atoms with E-state index in [9.17, 15) is 0 Å². The quantitative estimate of drug-likeness (QED) is 0.655. The summed E-state index contributed by atoms with van der Waals surface area (Å²) in [6.07, 6.45) is 5.16. The smallest absolute Gasteiger partial charge is 0.127 e. The monoisotopic (exact) mass is 258 g/mol. The lowest BCUT2D eigenvalue weighted by Crippen LogP contribution is -1.94. The van der Waals surface area contributed by atoms with Gasteiger partial charge in [-0.25, -0.2) is 0 Å². The lowest BCUT2D eigenvalue weighted by Gasteiger charge is -2.10. The molecule has 4 heteroatoms. The van der Waals surface area contributed by atoms with Gasteiger partial charge < -0.3 is 4.74 Å². The third-order valence-electron chi connectivity index (χ3n) is 2.83. The number of fused-ring (bicyclic) bond motifs is 3. The molecule has 1 aromatic carbocycles. The van der Waals surface area contributed by atoms with E-state index in [0.717, 1.165) is 27.4 Å². The Labute approximate surface area is 109 Å². The fraction of sp³-hybridized carbons (Fsp3) is 0.143. The van der Waals surface area contributed by atoms with Crippen LogP contribution in [0.4, 0.5) is 0 Å². The number of ether oxygens (including phenoxy) is 1. The van der Waals surface area contributed by atoms with E-state index >= 15 is 0 Å². The van der Waals surface area contributed by atoms with Crippen LogP contribution in [0.15, 0.2) is 36.8 Å². The Kier molecular flexibility index (Phi) is 2.76. The summed E-state index contributed by atoms with van der Waals surface area (Å²) in [6.45, 7) is 2.58. The normalized spacial score (nSPS) is 11.0. The molecule has 0 aliphatic heterocycles. The summed E-state index contributed by atoms with van der Waals surface area (Å²) < 4.78 is 5.68. The van der Waals surface area contributed by atoms with Gasteiger partial charge in [0.2, 0.25) is 0 Å². The number of rotatable bonds is 2. The molecule has 2 heterocycles. The predicted octanol–water partition coefficient (Wildman–Crippen LogP) is 3.84. The van der Waals surface area contributed by atoms with Crippen molar-refractivity contribution in [2.24, 2.45) is 0 Å². The molecule has 0 bridgehead atoms. The average Bonchev–Trinajstić information content (AvgIpc) is 2.39. The summed E-state index contributed by atoms with van der Waals surface area (Å²) >= 11 is 6.25. The zero-order chi connectivity index (χ0) is 12.5. The average molecular weight is 259 g/mol. The van der Waals surface area contributed by atoms with E-state index < -0.39 is 0 Å². The van der Waals surface area contributed by atoms with E-state index in [1.54, 1.807) is 12.4 Å². The van der Waals surface area contributed by atoms with Gasteiger partial charge >= 0.3 is 0 Å². The Morgan fingerprint density at radius 2 is 2.06 bits per heavy atom. The van der Waals surface area contributed by atoms with E-state index in [1.807, 2.05) is 31.3 Å².